The fraction of sp³-hybridized carbons (Fsp3) is 0.409. The summed E-state index contributed by atoms with van der Waals surface area (Å²) in [6, 6.07) is 5.47. The van der Waals surface area contributed by atoms with Gasteiger partial charge in [-0.3, -0.25) is 9.20 Å². The third-order valence-corrected chi connectivity index (χ3v) is 6.16. The highest BCUT2D eigenvalue weighted by atomic mass is 35.5. The van der Waals surface area contributed by atoms with Crippen molar-refractivity contribution < 1.29 is 27.4 Å². The summed E-state index contributed by atoms with van der Waals surface area (Å²) in [4.78, 5) is 14.9. The second kappa shape index (κ2) is 8.40. The Morgan fingerprint density at radius 2 is 1.94 bits per heavy atom. The number of likely N-dealkylation sites (tertiary alicyclic amines) is 1. The van der Waals surface area contributed by atoms with Gasteiger partial charge in [0.2, 0.25) is 0 Å². The number of rotatable bonds is 2. The zero-order chi connectivity index (χ0) is 23.2. The maximum atomic E-state index is 13.3. The summed E-state index contributed by atoms with van der Waals surface area (Å²) in [6.45, 7) is 1.77. The van der Waals surface area contributed by atoms with Crippen molar-refractivity contribution in [2.45, 2.75) is 31.4 Å². The summed E-state index contributed by atoms with van der Waals surface area (Å²) in [5.41, 5.74) is -0.0758. The number of hydrogen-bond acceptors (Lipinski definition) is 5. The lowest BCUT2D eigenvalue weighted by Crippen LogP contribution is -2.39. The van der Waals surface area contributed by atoms with Gasteiger partial charge in [0.15, 0.2) is 17.1 Å². The molecule has 1 atom stereocenters. The molecule has 11 heteroatoms. The van der Waals surface area contributed by atoms with Gasteiger partial charge in [-0.15, -0.1) is 10.2 Å². The molecule has 5 rings (SSSR count). The Morgan fingerprint density at radius 3 is 2.76 bits per heavy atom. The number of aromatic nitrogens is 3. The van der Waals surface area contributed by atoms with E-state index >= 15 is 0 Å². The number of piperidine rings is 1. The predicted molar refractivity (Wildman–Crippen MR) is 113 cm³/mol. The quantitative estimate of drug-likeness (QED) is 0.537. The fourth-order valence-electron chi connectivity index (χ4n) is 4.26. The molecule has 0 saturated carbocycles. The number of benzene rings is 1. The zero-order valence-electron chi connectivity index (χ0n) is 17.4. The number of amides is 1. The van der Waals surface area contributed by atoms with Gasteiger partial charge in [-0.25, -0.2) is 0 Å². The number of nitrogens with zero attached hydrogens (tertiary/aromatic N) is 4. The first kappa shape index (κ1) is 21.8. The van der Waals surface area contributed by atoms with E-state index in [2.05, 4.69) is 10.2 Å². The van der Waals surface area contributed by atoms with Crippen LogP contribution in [-0.2, 0) is 6.18 Å². The van der Waals surface area contributed by atoms with Crippen LogP contribution >= 0.6 is 11.6 Å². The largest absolute Gasteiger partial charge is 0.489 e. The number of pyridine rings is 1. The minimum atomic E-state index is -4.47. The minimum absolute atomic E-state index is 0.234. The molecule has 0 bridgehead atoms. The second-order valence-electron chi connectivity index (χ2n) is 8.13. The van der Waals surface area contributed by atoms with Crippen molar-refractivity contribution in [2.24, 2.45) is 0 Å². The Kier molecular flexibility index (Phi) is 5.55. The van der Waals surface area contributed by atoms with Crippen molar-refractivity contribution >= 4 is 23.2 Å². The van der Waals surface area contributed by atoms with E-state index in [9.17, 15) is 18.0 Å². The van der Waals surface area contributed by atoms with Crippen LogP contribution in [0, 0.1) is 0 Å². The van der Waals surface area contributed by atoms with Gasteiger partial charge < -0.3 is 14.4 Å². The predicted octanol–water partition coefficient (Wildman–Crippen LogP) is 4.58. The van der Waals surface area contributed by atoms with Crippen LogP contribution in [0.1, 0.15) is 46.9 Å². The summed E-state index contributed by atoms with van der Waals surface area (Å²) in [5, 5.41) is 8.45. The highest BCUT2D eigenvalue weighted by molar-refractivity contribution is 6.32. The molecule has 174 valence electrons. The van der Waals surface area contributed by atoms with Crippen LogP contribution in [0.5, 0.6) is 11.5 Å². The summed E-state index contributed by atoms with van der Waals surface area (Å²) >= 11 is 6.34. The number of alkyl halides is 3. The van der Waals surface area contributed by atoms with Crippen molar-refractivity contribution in [3.63, 3.8) is 0 Å². The minimum Gasteiger partial charge on any atom is -0.489 e. The molecule has 3 aromatic rings. The molecule has 1 aromatic carbocycles. The Morgan fingerprint density at radius 1 is 1.12 bits per heavy atom. The molecule has 2 aromatic heterocycles. The van der Waals surface area contributed by atoms with E-state index in [0.29, 0.717) is 79.1 Å². The van der Waals surface area contributed by atoms with Crippen LogP contribution in [0.25, 0.3) is 5.65 Å². The highest BCUT2D eigenvalue weighted by Crippen LogP contribution is 2.39. The van der Waals surface area contributed by atoms with E-state index < -0.39 is 11.7 Å². The smallest absolute Gasteiger partial charge is 0.417 e. The number of carbonyl (C=O) groups excluding carboxylic acids is 1. The fourth-order valence-corrected chi connectivity index (χ4v) is 4.53. The number of fused-ring (bicyclic) bond motifs is 2. The number of carbonyl (C=O) groups is 1. The normalized spacial score (nSPS) is 18.9. The lowest BCUT2D eigenvalue weighted by atomic mass is 9.96. The number of halogens is 4. The van der Waals surface area contributed by atoms with Crippen molar-refractivity contribution in [1.29, 1.82) is 0 Å². The lowest BCUT2D eigenvalue weighted by Gasteiger charge is -2.32. The van der Waals surface area contributed by atoms with Crippen molar-refractivity contribution in [3.05, 3.63) is 52.4 Å². The van der Waals surface area contributed by atoms with Gasteiger partial charge in [-0.1, -0.05) is 11.6 Å². The Hall–Kier alpha value is -3.01. The van der Waals surface area contributed by atoms with Crippen LogP contribution in [0.2, 0.25) is 5.02 Å². The van der Waals surface area contributed by atoms with Gasteiger partial charge in [0.1, 0.15) is 5.82 Å². The van der Waals surface area contributed by atoms with Crippen LogP contribution < -0.4 is 9.47 Å². The Bertz CT molecular complexity index is 1210. The van der Waals surface area contributed by atoms with E-state index in [-0.39, 0.29) is 11.8 Å². The number of hydrogen-bond donors (Lipinski definition) is 0. The van der Waals surface area contributed by atoms with Gasteiger partial charge in [0.25, 0.3) is 5.91 Å². The monoisotopic (exact) mass is 480 g/mol. The molecule has 0 aliphatic carbocycles. The van der Waals surface area contributed by atoms with E-state index in [1.165, 1.54) is 10.5 Å². The lowest BCUT2D eigenvalue weighted by molar-refractivity contribution is -0.137. The third-order valence-electron chi connectivity index (χ3n) is 5.88. The average Bonchev–Trinajstić information content (AvgIpc) is 3.07. The first-order valence-electron chi connectivity index (χ1n) is 10.6. The van der Waals surface area contributed by atoms with Crippen LogP contribution in [0.15, 0.2) is 30.5 Å². The standard InChI is InChI=1S/C22H20ClF3N4O3/c23-16-9-14(10-17-19(16)33-8-2-7-32-17)21(31)29-6-1-3-13(11-29)20-28-27-18-5-4-15(12-30(18)20)22(24,25)26/h4-5,9-10,12-13H,1-3,6-8,11H2. The van der Waals surface area contributed by atoms with Crippen molar-refractivity contribution in [3.8, 4) is 11.5 Å². The van der Waals surface area contributed by atoms with Gasteiger partial charge in [-0.2, -0.15) is 13.2 Å². The maximum Gasteiger partial charge on any atom is 0.417 e. The molecule has 1 fully saturated rings. The van der Waals surface area contributed by atoms with Gasteiger partial charge in [0.05, 0.1) is 23.8 Å². The van der Waals surface area contributed by atoms with E-state index in [0.717, 1.165) is 12.3 Å². The summed E-state index contributed by atoms with van der Waals surface area (Å²) in [6.07, 6.45) is -1.38. The Labute approximate surface area is 192 Å². The molecule has 7 nitrogen and oxygen atoms in total. The molecule has 1 saturated heterocycles. The first-order valence-corrected chi connectivity index (χ1v) is 11.0. The molecule has 2 aliphatic heterocycles. The van der Waals surface area contributed by atoms with Gasteiger partial charge in [0, 0.05) is 37.2 Å². The SMILES string of the molecule is O=C(c1cc(Cl)c2c(c1)OCCCO2)N1CCCC(c2nnc3ccc(C(F)(F)F)cn23)C1. The summed E-state index contributed by atoms with van der Waals surface area (Å²) in [7, 11) is 0. The molecule has 1 unspecified atom stereocenters. The molecule has 0 N–H and O–H groups in total. The second-order valence-corrected chi connectivity index (χ2v) is 8.54. The Balaban J connectivity index is 1.41. The van der Waals surface area contributed by atoms with Crippen molar-refractivity contribution in [2.75, 3.05) is 26.3 Å². The van der Waals surface area contributed by atoms with Crippen LogP contribution in [-0.4, -0.2) is 51.7 Å². The van der Waals surface area contributed by atoms with Gasteiger partial charge >= 0.3 is 6.18 Å². The molecular formula is C22H20ClF3N4O3. The summed E-state index contributed by atoms with van der Waals surface area (Å²) in [5.74, 6) is 0.780. The topological polar surface area (TPSA) is 69.0 Å². The first-order chi connectivity index (χ1) is 15.8. The highest BCUT2D eigenvalue weighted by Gasteiger charge is 2.33. The molecule has 4 heterocycles. The molecule has 0 radical (unpaired) electrons. The maximum absolute atomic E-state index is 13.3. The van der Waals surface area contributed by atoms with E-state index in [1.807, 2.05) is 0 Å². The third kappa shape index (κ3) is 4.19. The van der Waals surface area contributed by atoms with Crippen LogP contribution in [0.4, 0.5) is 13.2 Å². The molecule has 0 spiro atoms. The zero-order valence-corrected chi connectivity index (χ0v) is 18.2. The van der Waals surface area contributed by atoms with Gasteiger partial charge in [-0.05, 0) is 37.1 Å². The van der Waals surface area contributed by atoms with E-state index in [1.54, 1.807) is 17.0 Å². The molecule has 1 amide bonds. The number of ether oxygens (including phenoxy) is 2. The van der Waals surface area contributed by atoms with E-state index in [4.69, 9.17) is 21.1 Å². The van der Waals surface area contributed by atoms with Crippen LogP contribution in [0.3, 0.4) is 0 Å². The average molecular weight is 481 g/mol. The molecular weight excluding hydrogens is 461 g/mol. The van der Waals surface area contributed by atoms with Crippen molar-refractivity contribution in [1.82, 2.24) is 19.5 Å². The molecule has 33 heavy (non-hydrogen) atoms. The summed E-state index contributed by atoms with van der Waals surface area (Å²) < 4.78 is 52.2. The molecule has 2 aliphatic rings.